The summed E-state index contributed by atoms with van der Waals surface area (Å²) < 4.78 is 0. The molecule has 0 radical (unpaired) electrons. The minimum atomic E-state index is -0.674. The van der Waals surface area contributed by atoms with Crippen LogP contribution >= 0.6 is 11.6 Å². The van der Waals surface area contributed by atoms with Gasteiger partial charge in [0, 0.05) is 17.2 Å². The van der Waals surface area contributed by atoms with Gasteiger partial charge >= 0.3 is 0 Å². The van der Waals surface area contributed by atoms with Crippen molar-refractivity contribution in [1.82, 2.24) is 0 Å². The number of benzene rings is 1. The number of carbonyl (C=O) groups is 1. The standard InChI is InChI=1S/C11H12ClNO3/c1-3-8-4-5-9(11(14)7(2)12)6-10(8)13(15)16/h4-7H,3H2,1-2H3. The smallest absolute Gasteiger partial charge is 0.273 e. The second-order valence-corrected chi connectivity index (χ2v) is 4.09. The first-order valence-electron chi connectivity index (χ1n) is 4.93. The van der Waals surface area contributed by atoms with Gasteiger partial charge in [0.05, 0.1) is 10.3 Å². The van der Waals surface area contributed by atoms with Crippen LogP contribution in [-0.2, 0) is 6.42 Å². The molecule has 1 unspecified atom stereocenters. The number of halogens is 1. The van der Waals surface area contributed by atoms with Crippen molar-refractivity contribution >= 4 is 23.1 Å². The fraction of sp³-hybridized carbons (Fsp3) is 0.364. The lowest BCUT2D eigenvalue weighted by Gasteiger charge is -2.04. The number of aryl methyl sites for hydroxylation is 1. The van der Waals surface area contributed by atoms with E-state index in [9.17, 15) is 14.9 Å². The SMILES string of the molecule is CCc1ccc(C(=O)C(C)Cl)cc1[N+](=O)[O-]. The minimum Gasteiger partial charge on any atom is -0.293 e. The van der Waals surface area contributed by atoms with Crippen molar-refractivity contribution in [2.45, 2.75) is 25.6 Å². The van der Waals surface area contributed by atoms with Gasteiger partial charge < -0.3 is 0 Å². The van der Waals surface area contributed by atoms with E-state index in [2.05, 4.69) is 0 Å². The molecule has 1 aromatic carbocycles. The molecule has 0 bridgehead atoms. The molecular formula is C11H12ClNO3. The lowest BCUT2D eigenvalue weighted by molar-refractivity contribution is -0.385. The van der Waals surface area contributed by atoms with Gasteiger partial charge in [-0.25, -0.2) is 0 Å². The van der Waals surface area contributed by atoms with E-state index < -0.39 is 10.3 Å². The molecule has 0 saturated carbocycles. The molecule has 0 heterocycles. The first kappa shape index (κ1) is 12.6. The van der Waals surface area contributed by atoms with Crippen molar-refractivity contribution < 1.29 is 9.72 Å². The Labute approximate surface area is 98.4 Å². The second kappa shape index (κ2) is 5.07. The van der Waals surface area contributed by atoms with Crippen molar-refractivity contribution in [3.05, 3.63) is 39.4 Å². The van der Waals surface area contributed by atoms with E-state index in [1.807, 2.05) is 6.92 Å². The van der Waals surface area contributed by atoms with E-state index in [1.54, 1.807) is 19.1 Å². The summed E-state index contributed by atoms with van der Waals surface area (Å²) in [5.74, 6) is -0.299. The van der Waals surface area contributed by atoms with E-state index in [0.29, 0.717) is 12.0 Å². The lowest BCUT2D eigenvalue weighted by Crippen LogP contribution is -2.11. The predicted octanol–water partition coefficient (Wildman–Crippen LogP) is 2.97. The Bertz CT molecular complexity index is 429. The van der Waals surface area contributed by atoms with Crippen LogP contribution in [0.2, 0.25) is 0 Å². The van der Waals surface area contributed by atoms with Crippen LogP contribution in [0.15, 0.2) is 18.2 Å². The molecule has 5 heteroatoms. The predicted molar refractivity (Wildman–Crippen MR) is 62.1 cm³/mol. The molecule has 0 aliphatic rings. The highest BCUT2D eigenvalue weighted by Crippen LogP contribution is 2.22. The summed E-state index contributed by atoms with van der Waals surface area (Å²) >= 11 is 5.65. The number of ketones is 1. The highest BCUT2D eigenvalue weighted by atomic mass is 35.5. The number of nitro groups is 1. The Morgan fingerprint density at radius 2 is 2.19 bits per heavy atom. The second-order valence-electron chi connectivity index (χ2n) is 3.43. The van der Waals surface area contributed by atoms with Gasteiger partial charge in [-0.15, -0.1) is 11.6 Å². The number of carbonyl (C=O) groups excluding carboxylic acids is 1. The van der Waals surface area contributed by atoms with Gasteiger partial charge in [-0.1, -0.05) is 19.1 Å². The van der Waals surface area contributed by atoms with Crippen molar-refractivity contribution in [2.24, 2.45) is 0 Å². The van der Waals surface area contributed by atoms with Gasteiger partial charge in [-0.05, 0) is 13.3 Å². The van der Waals surface area contributed by atoms with Gasteiger partial charge in [0.15, 0.2) is 5.78 Å². The molecule has 0 aromatic heterocycles. The number of Topliss-reactive ketones (excluding diaryl/α,β-unsaturated/α-hetero) is 1. The molecule has 0 amide bonds. The fourth-order valence-corrected chi connectivity index (χ4v) is 1.54. The molecule has 0 spiro atoms. The third-order valence-electron chi connectivity index (χ3n) is 2.31. The highest BCUT2D eigenvalue weighted by Gasteiger charge is 2.18. The van der Waals surface area contributed by atoms with Crippen molar-refractivity contribution in [2.75, 3.05) is 0 Å². The number of hydrogen-bond acceptors (Lipinski definition) is 3. The lowest BCUT2D eigenvalue weighted by atomic mass is 10.0. The monoisotopic (exact) mass is 241 g/mol. The molecule has 0 N–H and O–H groups in total. The van der Waals surface area contributed by atoms with Crippen LogP contribution in [0.1, 0.15) is 29.8 Å². The summed E-state index contributed by atoms with van der Waals surface area (Å²) in [5.41, 5.74) is 0.876. The Balaban J connectivity index is 3.22. The van der Waals surface area contributed by atoms with Crippen LogP contribution in [-0.4, -0.2) is 16.1 Å². The topological polar surface area (TPSA) is 60.2 Å². The maximum Gasteiger partial charge on any atom is 0.273 e. The van der Waals surface area contributed by atoms with Crippen LogP contribution in [0.25, 0.3) is 0 Å². The maximum atomic E-state index is 11.6. The zero-order valence-corrected chi connectivity index (χ0v) is 9.82. The third kappa shape index (κ3) is 2.58. The first-order chi connectivity index (χ1) is 7.47. The number of nitro benzene ring substituents is 1. The fourth-order valence-electron chi connectivity index (χ4n) is 1.42. The number of alkyl halides is 1. The zero-order chi connectivity index (χ0) is 12.3. The van der Waals surface area contributed by atoms with Crippen LogP contribution in [0.3, 0.4) is 0 Å². The summed E-state index contributed by atoms with van der Waals surface area (Å²) in [4.78, 5) is 21.9. The molecule has 86 valence electrons. The van der Waals surface area contributed by atoms with E-state index >= 15 is 0 Å². The van der Waals surface area contributed by atoms with Crippen molar-refractivity contribution in [3.8, 4) is 0 Å². The van der Waals surface area contributed by atoms with Crippen molar-refractivity contribution in [3.63, 3.8) is 0 Å². The molecule has 0 saturated heterocycles. The molecule has 0 aliphatic carbocycles. The van der Waals surface area contributed by atoms with Gasteiger partial charge in [-0.3, -0.25) is 14.9 Å². The minimum absolute atomic E-state index is 0.0225. The highest BCUT2D eigenvalue weighted by molar-refractivity contribution is 6.33. The summed E-state index contributed by atoms with van der Waals surface area (Å²) in [5, 5.41) is 10.1. The van der Waals surface area contributed by atoms with Crippen molar-refractivity contribution in [1.29, 1.82) is 0 Å². The molecular weight excluding hydrogens is 230 g/mol. The molecule has 1 aromatic rings. The van der Waals surface area contributed by atoms with Crippen LogP contribution in [0.5, 0.6) is 0 Å². The van der Waals surface area contributed by atoms with Crippen LogP contribution < -0.4 is 0 Å². The Kier molecular flexibility index (Phi) is 4.01. The van der Waals surface area contributed by atoms with Crippen LogP contribution in [0, 0.1) is 10.1 Å². The van der Waals surface area contributed by atoms with E-state index in [4.69, 9.17) is 11.6 Å². The van der Waals surface area contributed by atoms with Gasteiger partial charge in [0.1, 0.15) is 0 Å². The molecule has 1 atom stereocenters. The van der Waals surface area contributed by atoms with E-state index in [-0.39, 0.29) is 17.0 Å². The average molecular weight is 242 g/mol. The quantitative estimate of drug-likeness (QED) is 0.352. The largest absolute Gasteiger partial charge is 0.293 e. The maximum absolute atomic E-state index is 11.6. The number of nitrogens with zero attached hydrogens (tertiary/aromatic N) is 1. The summed E-state index contributed by atoms with van der Waals surface area (Å²) in [6, 6.07) is 4.47. The number of hydrogen-bond donors (Lipinski definition) is 0. The van der Waals surface area contributed by atoms with Gasteiger partial charge in [-0.2, -0.15) is 0 Å². The molecule has 16 heavy (non-hydrogen) atoms. The third-order valence-corrected chi connectivity index (χ3v) is 2.51. The zero-order valence-electron chi connectivity index (χ0n) is 9.07. The summed E-state index contributed by atoms with van der Waals surface area (Å²) in [7, 11) is 0. The first-order valence-corrected chi connectivity index (χ1v) is 5.36. The Hall–Kier alpha value is -1.42. The van der Waals surface area contributed by atoms with Gasteiger partial charge in [0.2, 0.25) is 0 Å². The average Bonchev–Trinajstić information content (AvgIpc) is 2.26. The van der Waals surface area contributed by atoms with E-state index in [0.717, 1.165) is 0 Å². The molecule has 0 aliphatic heterocycles. The summed E-state index contributed by atoms with van der Waals surface area (Å²) in [6.45, 7) is 3.37. The Morgan fingerprint density at radius 1 is 1.56 bits per heavy atom. The molecule has 0 fully saturated rings. The Morgan fingerprint density at radius 3 is 2.62 bits per heavy atom. The molecule has 1 rings (SSSR count). The van der Waals surface area contributed by atoms with E-state index in [1.165, 1.54) is 6.07 Å². The molecule has 4 nitrogen and oxygen atoms in total. The normalized spacial score (nSPS) is 12.2. The number of rotatable bonds is 4. The van der Waals surface area contributed by atoms with Gasteiger partial charge in [0.25, 0.3) is 5.69 Å². The summed E-state index contributed by atoms with van der Waals surface area (Å²) in [6.07, 6.45) is 0.557. The van der Waals surface area contributed by atoms with Crippen LogP contribution in [0.4, 0.5) is 5.69 Å².